The van der Waals surface area contributed by atoms with Crippen molar-refractivity contribution in [2.75, 3.05) is 0 Å². The molecule has 2 aromatic carbocycles. The molecule has 0 aliphatic carbocycles. The summed E-state index contributed by atoms with van der Waals surface area (Å²) in [6.45, 7) is 0.224. The molecular weight excluding hydrogens is 356 g/mol. The lowest BCUT2D eigenvalue weighted by Crippen LogP contribution is -2.32. The summed E-state index contributed by atoms with van der Waals surface area (Å²) in [5.41, 5.74) is 3.46. The maximum Gasteiger partial charge on any atom is 0.307 e. The third kappa shape index (κ3) is 3.59. The number of para-hydroxylation sites is 1. The number of carbonyl (C=O) groups is 1. The molecule has 0 saturated heterocycles. The van der Waals surface area contributed by atoms with Crippen molar-refractivity contribution < 1.29 is 9.21 Å². The number of nitrogens with zero attached hydrogens (tertiary/aromatic N) is 3. The molecule has 2 heterocycles. The zero-order chi connectivity index (χ0) is 19.3. The van der Waals surface area contributed by atoms with Gasteiger partial charge in [0.25, 0.3) is 5.56 Å². The van der Waals surface area contributed by atoms with Crippen molar-refractivity contribution >= 4 is 23.0 Å². The highest BCUT2D eigenvalue weighted by Crippen LogP contribution is 2.10. The summed E-state index contributed by atoms with van der Waals surface area (Å²) in [5, 5.41) is 4.33. The molecule has 28 heavy (non-hydrogen) atoms. The quantitative estimate of drug-likeness (QED) is 0.431. The fourth-order valence-electron chi connectivity index (χ4n) is 2.82. The number of fused-ring (bicyclic) bond motifs is 1. The molecule has 1 amide bonds. The topological polar surface area (TPSA) is 89.5 Å². The highest BCUT2D eigenvalue weighted by molar-refractivity contribution is 5.93. The number of aromatic nitrogens is 2. The van der Waals surface area contributed by atoms with Crippen LogP contribution in [0.15, 0.2) is 87.3 Å². The largest absolute Gasteiger partial charge is 0.463 e. The summed E-state index contributed by atoms with van der Waals surface area (Å²) in [4.78, 5) is 30.1. The smallest absolute Gasteiger partial charge is 0.307 e. The van der Waals surface area contributed by atoms with Crippen LogP contribution in [0.4, 0.5) is 0 Å². The summed E-state index contributed by atoms with van der Waals surface area (Å²) < 4.78 is 6.49. The highest BCUT2D eigenvalue weighted by atomic mass is 16.3. The molecule has 7 heteroatoms. The van der Waals surface area contributed by atoms with Crippen LogP contribution in [0.25, 0.3) is 10.9 Å². The van der Waals surface area contributed by atoms with Gasteiger partial charge in [-0.3, -0.25) is 14.2 Å². The van der Waals surface area contributed by atoms with Crippen LogP contribution in [0.3, 0.4) is 0 Å². The Morgan fingerprint density at radius 3 is 2.64 bits per heavy atom. The van der Waals surface area contributed by atoms with Crippen molar-refractivity contribution in [3.05, 3.63) is 100 Å². The second kappa shape index (κ2) is 7.71. The maximum atomic E-state index is 13.0. The first kappa shape index (κ1) is 17.4. The average Bonchev–Trinajstić information content (AvgIpc) is 3.24. The van der Waals surface area contributed by atoms with Gasteiger partial charge in [-0.1, -0.05) is 42.5 Å². The lowest BCUT2D eigenvalue weighted by Gasteiger charge is -2.12. The predicted octanol–water partition coefficient (Wildman–Crippen LogP) is 2.80. The first-order valence-corrected chi connectivity index (χ1v) is 8.63. The van der Waals surface area contributed by atoms with Gasteiger partial charge in [-0.2, -0.15) is 5.10 Å². The first-order valence-electron chi connectivity index (χ1n) is 8.63. The summed E-state index contributed by atoms with van der Waals surface area (Å²) >= 11 is 0. The van der Waals surface area contributed by atoms with E-state index < -0.39 is 5.91 Å². The van der Waals surface area contributed by atoms with Gasteiger partial charge in [-0.05, 0) is 29.8 Å². The summed E-state index contributed by atoms with van der Waals surface area (Å²) in [6, 6.07) is 19.8. The fourth-order valence-corrected chi connectivity index (χ4v) is 2.82. The normalized spacial score (nSPS) is 11.1. The van der Waals surface area contributed by atoms with Crippen LogP contribution in [-0.4, -0.2) is 21.7 Å². The van der Waals surface area contributed by atoms with E-state index >= 15 is 0 Å². The number of nitrogens with one attached hydrogen (secondary N) is 1. The van der Waals surface area contributed by atoms with Gasteiger partial charge in [0.1, 0.15) is 5.76 Å². The first-order chi connectivity index (χ1) is 13.7. The van der Waals surface area contributed by atoms with Crippen molar-refractivity contribution in [2.45, 2.75) is 6.54 Å². The molecule has 0 spiro atoms. The Hall–Kier alpha value is -4.00. The molecule has 0 bridgehead atoms. The Labute approximate surface area is 160 Å². The minimum atomic E-state index is -0.582. The number of benzene rings is 2. The Morgan fingerprint density at radius 2 is 1.86 bits per heavy atom. The molecule has 0 atom stereocenters. The molecule has 0 saturated carbocycles. The lowest BCUT2D eigenvalue weighted by atomic mass is 10.2. The predicted molar refractivity (Wildman–Crippen MR) is 105 cm³/mol. The Bertz CT molecular complexity index is 1200. The van der Waals surface area contributed by atoms with Gasteiger partial charge in [-0.25, -0.2) is 10.4 Å². The maximum absolute atomic E-state index is 13.0. The van der Waals surface area contributed by atoms with Gasteiger partial charge in [0.05, 0.1) is 29.9 Å². The second-order valence-electron chi connectivity index (χ2n) is 6.04. The zero-order valence-electron chi connectivity index (χ0n) is 14.8. The van der Waals surface area contributed by atoms with E-state index in [4.69, 9.17) is 4.42 Å². The van der Waals surface area contributed by atoms with Gasteiger partial charge >= 0.3 is 5.91 Å². The summed E-state index contributed by atoms with van der Waals surface area (Å²) in [5.74, 6) is -0.0980. The van der Waals surface area contributed by atoms with Gasteiger partial charge in [-0.15, -0.1) is 0 Å². The number of hydrazone groups is 1. The van der Waals surface area contributed by atoms with E-state index in [0.717, 1.165) is 5.56 Å². The Morgan fingerprint density at radius 1 is 1.07 bits per heavy atom. The van der Waals surface area contributed by atoms with Crippen LogP contribution >= 0.6 is 0 Å². The SMILES string of the molecule is O=C(N/N=C\c1ccco1)c1nc2ccccc2c(=O)n1Cc1ccccc1. The molecule has 138 valence electrons. The summed E-state index contributed by atoms with van der Waals surface area (Å²) in [6.07, 6.45) is 2.88. The van der Waals surface area contributed by atoms with Crippen LogP contribution in [-0.2, 0) is 6.54 Å². The van der Waals surface area contributed by atoms with Crippen LogP contribution in [0.1, 0.15) is 21.9 Å². The molecule has 0 unspecified atom stereocenters. The number of hydrogen-bond acceptors (Lipinski definition) is 5. The molecule has 0 fully saturated rings. The Balaban J connectivity index is 1.73. The fraction of sp³-hybridized carbons (Fsp3) is 0.0476. The van der Waals surface area contributed by atoms with E-state index in [1.165, 1.54) is 17.0 Å². The molecule has 7 nitrogen and oxygen atoms in total. The average molecular weight is 372 g/mol. The van der Waals surface area contributed by atoms with Crippen molar-refractivity contribution in [3.8, 4) is 0 Å². The summed E-state index contributed by atoms with van der Waals surface area (Å²) in [7, 11) is 0. The molecule has 4 aromatic rings. The van der Waals surface area contributed by atoms with Gasteiger partial charge in [0.15, 0.2) is 0 Å². The molecule has 0 aliphatic heterocycles. The van der Waals surface area contributed by atoms with Gasteiger partial charge < -0.3 is 4.42 Å². The van der Waals surface area contributed by atoms with E-state index in [9.17, 15) is 9.59 Å². The van der Waals surface area contributed by atoms with Crippen LogP contribution in [0, 0.1) is 0 Å². The second-order valence-corrected chi connectivity index (χ2v) is 6.04. The van der Waals surface area contributed by atoms with E-state index in [2.05, 4.69) is 15.5 Å². The van der Waals surface area contributed by atoms with E-state index in [-0.39, 0.29) is 17.9 Å². The monoisotopic (exact) mass is 372 g/mol. The van der Waals surface area contributed by atoms with Crippen molar-refractivity contribution in [1.82, 2.24) is 15.0 Å². The van der Waals surface area contributed by atoms with Gasteiger partial charge in [0, 0.05) is 0 Å². The molecule has 1 N–H and O–H groups in total. The van der Waals surface area contributed by atoms with Gasteiger partial charge in [0.2, 0.25) is 5.82 Å². The number of carbonyl (C=O) groups excluding carboxylic acids is 1. The van der Waals surface area contributed by atoms with E-state index in [0.29, 0.717) is 16.7 Å². The van der Waals surface area contributed by atoms with E-state index in [1.807, 2.05) is 30.3 Å². The number of rotatable bonds is 5. The molecule has 4 rings (SSSR count). The Kier molecular flexibility index (Phi) is 4.79. The van der Waals surface area contributed by atoms with Crippen molar-refractivity contribution in [1.29, 1.82) is 0 Å². The van der Waals surface area contributed by atoms with Crippen LogP contribution in [0.2, 0.25) is 0 Å². The minimum Gasteiger partial charge on any atom is -0.463 e. The lowest BCUT2D eigenvalue weighted by molar-refractivity contribution is 0.0939. The number of hydrogen-bond donors (Lipinski definition) is 1. The molecule has 2 aromatic heterocycles. The van der Waals surface area contributed by atoms with Crippen molar-refractivity contribution in [3.63, 3.8) is 0 Å². The standard InChI is InChI=1S/C21H16N4O3/c26-20(24-22-13-16-9-6-12-28-16)19-23-18-11-5-4-10-17(18)21(27)25(19)14-15-7-2-1-3-8-15/h1-13H,14H2,(H,24,26)/b22-13-. The molecular formula is C21H16N4O3. The highest BCUT2D eigenvalue weighted by Gasteiger charge is 2.17. The zero-order valence-corrected chi connectivity index (χ0v) is 14.8. The third-order valence-electron chi connectivity index (χ3n) is 4.15. The molecule has 0 aliphatic rings. The third-order valence-corrected chi connectivity index (χ3v) is 4.15. The van der Waals surface area contributed by atoms with Crippen LogP contribution < -0.4 is 11.0 Å². The minimum absolute atomic E-state index is 0.0100. The van der Waals surface area contributed by atoms with Crippen molar-refractivity contribution in [2.24, 2.45) is 5.10 Å². The molecule has 0 radical (unpaired) electrons. The number of furan rings is 1. The number of amides is 1. The van der Waals surface area contributed by atoms with Crippen LogP contribution in [0.5, 0.6) is 0 Å². The van der Waals surface area contributed by atoms with E-state index in [1.54, 1.807) is 36.4 Å².